The second-order valence-electron chi connectivity index (χ2n) is 7.74. The van der Waals surface area contributed by atoms with Gasteiger partial charge in [0.05, 0.1) is 4.70 Å². The molecule has 0 unspecified atom stereocenters. The average molecular weight is 493 g/mol. The minimum atomic E-state index is -0.583. The normalized spacial score (nSPS) is 12.8. The molecule has 5 rings (SSSR count). The number of nitrogens with one attached hydrogen (secondary N) is 3. The fraction of sp³-hybridized carbons (Fsp3) is 0.167. The van der Waals surface area contributed by atoms with Crippen molar-refractivity contribution in [3.8, 4) is 0 Å². The summed E-state index contributed by atoms with van der Waals surface area (Å²) in [5.41, 5.74) is 1.86. The van der Waals surface area contributed by atoms with Crippen molar-refractivity contribution >= 4 is 66.5 Å². The van der Waals surface area contributed by atoms with Crippen molar-refractivity contribution in [1.82, 2.24) is 10.3 Å². The number of fused-ring (bicyclic) bond motifs is 1. The molecule has 8 nitrogen and oxygen atoms in total. The Hall–Kier alpha value is -3.76. The number of rotatable bonds is 8. The lowest BCUT2D eigenvalue weighted by Gasteiger charge is -2.08. The van der Waals surface area contributed by atoms with Gasteiger partial charge in [0.25, 0.3) is 11.8 Å². The van der Waals surface area contributed by atoms with Crippen LogP contribution in [0.25, 0.3) is 9.53 Å². The number of hydrogen-bond donors (Lipinski definition) is 3. The topological polar surface area (TPSA) is 109 Å². The van der Waals surface area contributed by atoms with Crippen molar-refractivity contribution in [1.29, 1.82) is 0 Å². The van der Waals surface area contributed by atoms with Gasteiger partial charge in [-0.25, -0.2) is 9.78 Å². The van der Waals surface area contributed by atoms with Gasteiger partial charge in [-0.1, -0.05) is 35.6 Å². The number of thiophene rings is 1. The van der Waals surface area contributed by atoms with Gasteiger partial charge in [0, 0.05) is 23.0 Å². The first-order valence-corrected chi connectivity index (χ1v) is 12.3. The number of amides is 2. The number of hydrogen-bond acceptors (Lipinski definition) is 8. The van der Waals surface area contributed by atoms with Crippen LogP contribution < -0.4 is 16.0 Å². The van der Waals surface area contributed by atoms with E-state index in [1.165, 1.54) is 22.7 Å². The van der Waals surface area contributed by atoms with Crippen LogP contribution >= 0.6 is 22.7 Å². The molecule has 1 fully saturated rings. The van der Waals surface area contributed by atoms with E-state index in [2.05, 4.69) is 20.9 Å². The van der Waals surface area contributed by atoms with Crippen molar-refractivity contribution < 1.29 is 19.1 Å². The Bertz CT molecular complexity index is 1330. The number of carbonyl (C=O) groups is 3. The summed E-state index contributed by atoms with van der Waals surface area (Å²) < 4.78 is 6.03. The van der Waals surface area contributed by atoms with E-state index >= 15 is 0 Å². The number of carbonyl (C=O) groups excluding carboxylic acids is 3. The van der Waals surface area contributed by atoms with Gasteiger partial charge < -0.3 is 20.7 Å². The van der Waals surface area contributed by atoms with Crippen LogP contribution in [0.15, 0.2) is 60.7 Å². The maximum atomic E-state index is 12.4. The first-order chi connectivity index (χ1) is 16.5. The highest BCUT2D eigenvalue weighted by Gasteiger charge is 2.24. The lowest BCUT2D eigenvalue weighted by Crippen LogP contribution is -2.25. The summed E-state index contributed by atoms with van der Waals surface area (Å²) in [5.74, 6) is -1.24. The number of para-hydroxylation sites is 1. The second-order valence-corrected chi connectivity index (χ2v) is 9.80. The van der Waals surface area contributed by atoms with Crippen LogP contribution in [0.1, 0.15) is 32.9 Å². The van der Waals surface area contributed by atoms with Crippen molar-refractivity contribution in [2.45, 2.75) is 18.9 Å². The molecule has 2 heterocycles. The SMILES string of the molecule is O=C(COC(=O)c1cc2sc(Nc3ccccc3)nc2s1)Nc1cccc(C(=O)NC2CC2)c1. The van der Waals surface area contributed by atoms with Gasteiger partial charge in [0.1, 0.15) is 9.71 Å². The molecule has 0 saturated heterocycles. The fourth-order valence-corrected chi connectivity index (χ4v) is 5.20. The van der Waals surface area contributed by atoms with Gasteiger partial charge >= 0.3 is 5.97 Å². The van der Waals surface area contributed by atoms with Gasteiger partial charge in [0.2, 0.25) is 0 Å². The largest absolute Gasteiger partial charge is 0.451 e. The molecule has 0 aliphatic heterocycles. The van der Waals surface area contributed by atoms with E-state index in [4.69, 9.17) is 4.74 Å². The van der Waals surface area contributed by atoms with E-state index in [-0.39, 0.29) is 11.9 Å². The van der Waals surface area contributed by atoms with E-state index in [1.807, 2.05) is 30.3 Å². The van der Waals surface area contributed by atoms with E-state index < -0.39 is 18.5 Å². The maximum Gasteiger partial charge on any atom is 0.348 e. The minimum absolute atomic E-state index is 0.168. The Morgan fingerprint density at radius 2 is 1.76 bits per heavy atom. The minimum Gasteiger partial charge on any atom is -0.451 e. The van der Waals surface area contributed by atoms with Crippen LogP contribution in [0.2, 0.25) is 0 Å². The summed E-state index contributed by atoms with van der Waals surface area (Å²) in [5, 5.41) is 9.53. The third-order valence-electron chi connectivity index (χ3n) is 4.97. The van der Waals surface area contributed by atoms with Crippen molar-refractivity contribution in [3.05, 3.63) is 71.1 Å². The smallest absolute Gasteiger partial charge is 0.348 e. The zero-order chi connectivity index (χ0) is 23.5. The molecule has 10 heteroatoms. The molecule has 2 aromatic carbocycles. The summed E-state index contributed by atoms with van der Waals surface area (Å²) in [6, 6.07) is 18.3. The zero-order valence-corrected chi connectivity index (χ0v) is 19.5. The Kier molecular flexibility index (Phi) is 6.24. The third kappa shape index (κ3) is 5.41. The van der Waals surface area contributed by atoms with Crippen molar-refractivity contribution in [2.75, 3.05) is 17.2 Å². The molecule has 2 aromatic heterocycles. The fourth-order valence-electron chi connectivity index (χ4n) is 3.17. The Labute approximate surface area is 203 Å². The van der Waals surface area contributed by atoms with Crippen LogP contribution in [-0.4, -0.2) is 35.4 Å². The highest BCUT2D eigenvalue weighted by Crippen LogP contribution is 2.34. The van der Waals surface area contributed by atoms with E-state index in [9.17, 15) is 14.4 Å². The van der Waals surface area contributed by atoms with E-state index in [1.54, 1.807) is 30.3 Å². The summed E-state index contributed by atoms with van der Waals surface area (Å²) in [6.45, 7) is -0.433. The number of benzene rings is 2. The van der Waals surface area contributed by atoms with Crippen LogP contribution in [0.3, 0.4) is 0 Å². The van der Waals surface area contributed by atoms with Gasteiger partial charge in [0.15, 0.2) is 11.7 Å². The van der Waals surface area contributed by atoms with Crippen LogP contribution in [-0.2, 0) is 9.53 Å². The number of ether oxygens (including phenoxy) is 1. The summed E-state index contributed by atoms with van der Waals surface area (Å²) in [4.78, 5) is 42.5. The molecule has 34 heavy (non-hydrogen) atoms. The number of anilines is 3. The highest BCUT2D eigenvalue weighted by molar-refractivity contribution is 7.29. The van der Waals surface area contributed by atoms with Crippen molar-refractivity contribution in [3.63, 3.8) is 0 Å². The van der Waals surface area contributed by atoms with Gasteiger partial charge in [-0.05, 0) is 49.2 Å². The summed E-state index contributed by atoms with van der Waals surface area (Å²) in [6.07, 6.45) is 2.00. The number of thiazole rings is 1. The maximum absolute atomic E-state index is 12.4. The molecule has 4 aromatic rings. The molecular formula is C24H20N4O4S2. The Morgan fingerprint density at radius 1 is 0.971 bits per heavy atom. The number of esters is 1. The van der Waals surface area contributed by atoms with Gasteiger partial charge in [-0.15, -0.1) is 11.3 Å². The van der Waals surface area contributed by atoms with E-state index in [0.29, 0.717) is 16.1 Å². The lowest BCUT2D eigenvalue weighted by atomic mass is 10.2. The first-order valence-electron chi connectivity index (χ1n) is 10.6. The van der Waals surface area contributed by atoms with Crippen LogP contribution in [0.4, 0.5) is 16.5 Å². The lowest BCUT2D eigenvalue weighted by molar-refractivity contribution is -0.119. The molecule has 1 saturated carbocycles. The standard InChI is InChI=1S/C24H20N4O4S2/c29-20(25-17-8-4-5-14(11-17)21(30)26-16-9-10-16)13-32-23(31)19-12-18-22(33-19)28-24(34-18)27-15-6-2-1-3-7-15/h1-8,11-12,16H,9-10,13H2,(H,25,29)(H,26,30)(H,27,28). The zero-order valence-electron chi connectivity index (χ0n) is 17.9. The molecule has 0 bridgehead atoms. The number of nitrogens with zero attached hydrogens (tertiary/aromatic N) is 1. The molecule has 0 radical (unpaired) electrons. The predicted molar refractivity (Wildman–Crippen MR) is 133 cm³/mol. The predicted octanol–water partition coefficient (Wildman–Crippen LogP) is 4.79. The molecule has 1 aliphatic rings. The second kappa shape index (κ2) is 9.62. The molecule has 1 aliphatic carbocycles. The molecule has 3 N–H and O–H groups in total. The molecule has 0 atom stereocenters. The van der Waals surface area contributed by atoms with Crippen LogP contribution in [0, 0.1) is 0 Å². The molecular weight excluding hydrogens is 472 g/mol. The van der Waals surface area contributed by atoms with Gasteiger partial charge in [-0.3, -0.25) is 9.59 Å². The molecule has 0 spiro atoms. The average Bonchev–Trinajstić information content (AvgIpc) is 3.44. The monoisotopic (exact) mass is 492 g/mol. The van der Waals surface area contributed by atoms with Crippen LogP contribution in [0.5, 0.6) is 0 Å². The van der Waals surface area contributed by atoms with Crippen molar-refractivity contribution in [2.24, 2.45) is 0 Å². The summed E-state index contributed by atoms with van der Waals surface area (Å²) in [7, 11) is 0. The Balaban J connectivity index is 1.14. The highest BCUT2D eigenvalue weighted by atomic mass is 32.1. The number of aromatic nitrogens is 1. The molecule has 172 valence electrons. The summed E-state index contributed by atoms with van der Waals surface area (Å²) >= 11 is 2.65. The van der Waals surface area contributed by atoms with Gasteiger partial charge in [-0.2, -0.15) is 0 Å². The van der Waals surface area contributed by atoms with E-state index in [0.717, 1.165) is 33.2 Å². The third-order valence-corrected chi connectivity index (χ3v) is 7.03. The Morgan fingerprint density at radius 3 is 2.53 bits per heavy atom. The first kappa shape index (κ1) is 22.1. The molecule has 2 amide bonds. The quantitative estimate of drug-likeness (QED) is 0.305.